The first-order valence-corrected chi connectivity index (χ1v) is 7.70. The number of fused-ring (bicyclic) bond motifs is 3. The third-order valence-electron chi connectivity index (χ3n) is 5.21. The van der Waals surface area contributed by atoms with Gasteiger partial charge in [-0.2, -0.15) is 0 Å². The summed E-state index contributed by atoms with van der Waals surface area (Å²) in [6.45, 7) is 1.34. The highest BCUT2D eigenvalue weighted by Crippen LogP contribution is 2.48. The number of carbonyl (C=O) groups is 1. The molecule has 2 fully saturated rings. The Labute approximate surface area is 119 Å². The monoisotopic (exact) mass is 272 g/mol. The van der Waals surface area contributed by atoms with E-state index in [1.807, 2.05) is 18.2 Å². The van der Waals surface area contributed by atoms with Gasteiger partial charge in [-0.05, 0) is 31.2 Å². The molecule has 106 valence electrons. The highest BCUT2D eigenvalue weighted by atomic mass is 16.7. The van der Waals surface area contributed by atoms with Gasteiger partial charge in [0, 0.05) is 23.8 Å². The van der Waals surface area contributed by atoms with Crippen molar-refractivity contribution in [1.82, 2.24) is 0 Å². The summed E-state index contributed by atoms with van der Waals surface area (Å²) in [5.74, 6) is 0.131. The van der Waals surface area contributed by atoms with E-state index >= 15 is 0 Å². The number of aryl methyl sites for hydroxylation is 1. The molecule has 0 unspecified atom stereocenters. The molecule has 1 saturated carbocycles. The molecule has 2 atom stereocenters. The van der Waals surface area contributed by atoms with Crippen LogP contribution in [0.15, 0.2) is 24.3 Å². The van der Waals surface area contributed by atoms with Gasteiger partial charge < -0.3 is 9.47 Å². The average Bonchev–Trinajstić information content (AvgIpc) is 2.88. The molecule has 2 aliphatic carbocycles. The number of ketones is 1. The Morgan fingerprint density at radius 3 is 2.75 bits per heavy atom. The summed E-state index contributed by atoms with van der Waals surface area (Å²) in [4.78, 5) is 12.9. The predicted molar refractivity (Wildman–Crippen MR) is 74.6 cm³/mol. The van der Waals surface area contributed by atoms with Crippen LogP contribution in [-0.4, -0.2) is 24.8 Å². The predicted octanol–water partition coefficient (Wildman–Crippen LogP) is 2.97. The molecule has 3 nitrogen and oxygen atoms in total. The molecular formula is C17H20O3. The van der Waals surface area contributed by atoms with E-state index < -0.39 is 5.79 Å². The van der Waals surface area contributed by atoms with Crippen LogP contribution in [0.5, 0.6) is 0 Å². The van der Waals surface area contributed by atoms with Crippen LogP contribution in [0.3, 0.4) is 0 Å². The number of rotatable bonds is 0. The Morgan fingerprint density at radius 1 is 1.10 bits per heavy atom. The molecule has 1 aromatic carbocycles. The summed E-state index contributed by atoms with van der Waals surface area (Å²) < 4.78 is 12.0. The summed E-state index contributed by atoms with van der Waals surface area (Å²) in [5.41, 5.74) is 2.12. The van der Waals surface area contributed by atoms with Crippen molar-refractivity contribution in [2.45, 2.75) is 37.9 Å². The number of hydrogen-bond donors (Lipinski definition) is 0. The van der Waals surface area contributed by atoms with Crippen LogP contribution >= 0.6 is 0 Å². The Balaban J connectivity index is 1.74. The Kier molecular flexibility index (Phi) is 2.93. The smallest absolute Gasteiger partial charge is 0.171 e. The molecule has 0 N–H and O–H groups in total. The lowest BCUT2D eigenvalue weighted by atomic mass is 9.71. The van der Waals surface area contributed by atoms with Gasteiger partial charge in [0.15, 0.2) is 11.6 Å². The minimum atomic E-state index is -0.472. The zero-order chi connectivity index (χ0) is 13.6. The fraction of sp³-hybridized carbons (Fsp3) is 0.588. The van der Waals surface area contributed by atoms with Crippen molar-refractivity contribution in [2.24, 2.45) is 11.8 Å². The molecule has 1 aromatic rings. The highest BCUT2D eigenvalue weighted by Gasteiger charge is 2.52. The van der Waals surface area contributed by atoms with Crippen LogP contribution in [-0.2, 0) is 15.9 Å². The van der Waals surface area contributed by atoms with Crippen molar-refractivity contribution < 1.29 is 14.3 Å². The lowest BCUT2D eigenvalue weighted by Crippen LogP contribution is -2.48. The van der Waals surface area contributed by atoms with E-state index in [1.165, 1.54) is 5.56 Å². The van der Waals surface area contributed by atoms with Crippen molar-refractivity contribution in [2.75, 3.05) is 13.2 Å². The Hall–Kier alpha value is -1.19. The molecule has 1 saturated heterocycles. The standard InChI is InChI=1S/C17H20O3/c18-16-13-5-2-1-4-12(13)7-8-15-14(16)6-3-9-17(15)19-10-11-20-17/h1-2,4-5,14-15H,3,6-11H2/t14-,15+/m1/s1. The van der Waals surface area contributed by atoms with Crippen LogP contribution in [0.1, 0.15) is 41.6 Å². The fourth-order valence-corrected chi connectivity index (χ4v) is 4.31. The molecule has 1 heterocycles. The first kappa shape index (κ1) is 12.5. The summed E-state index contributed by atoms with van der Waals surface area (Å²) >= 11 is 0. The molecule has 0 aromatic heterocycles. The fourth-order valence-electron chi connectivity index (χ4n) is 4.31. The molecule has 3 heteroatoms. The molecule has 0 amide bonds. The van der Waals surface area contributed by atoms with Gasteiger partial charge in [0.05, 0.1) is 13.2 Å². The minimum Gasteiger partial charge on any atom is -0.347 e. The molecule has 0 bridgehead atoms. The van der Waals surface area contributed by atoms with Gasteiger partial charge in [-0.15, -0.1) is 0 Å². The maximum Gasteiger partial charge on any atom is 0.171 e. The quantitative estimate of drug-likeness (QED) is 0.728. The molecule has 1 aliphatic heterocycles. The average molecular weight is 272 g/mol. The van der Waals surface area contributed by atoms with Crippen LogP contribution in [0, 0.1) is 11.8 Å². The van der Waals surface area contributed by atoms with Gasteiger partial charge in [-0.1, -0.05) is 24.3 Å². The maximum atomic E-state index is 12.9. The van der Waals surface area contributed by atoms with Crippen molar-refractivity contribution in [3.8, 4) is 0 Å². The second-order valence-electron chi connectivity index (χ2n) is 6.17. The van der Waals surface area contributed by atoms with Crippen LogP contribution < -0.4 is 0 Å². The maximum absolute atomic E-state index is 12.9. The van der Waals surface area contributed by atoms with Crippen molar-refractivity contribution in [3.63, 3.8) is 0 Å². The number of Topliss-reactive ketones (excluding diaryl/α,β-unsaturated/α-hetero) is 1. The molecule has 4 rings (SSSR count). The highest BCUT2D eigenvalue weighted by molar-refractivity contribution is 5.99. The van der Waals surface area contributed by atoms with Crippen molar-refractivity contribution in [1.29, 1.82) is 0 Å². The van der Waals surface area contributed by atoms with Gasteiger partial charge in [0.1, 0.15) is 0 Å². The van der Waals surface area contributed by atoms with E-state index in [4.69, 9.17) is 9.47 Å². The van der Waals surface area contributed by atoms with Crippen LogP contribution in [0.2, 0.25) is 0 Å². The molecule has 0 radical (unpaired) electrons. The Morgan fingerprint density at radius 2 is 1.90 bits per heavy atom. The third kappa shape index (κ3) is 1.76. The van der Waals surface area contributed by atoms with E-state index in [0.717, 1.165) is 37.7 Å². The van der Waals surface area contributed by atoms with E-state index in [0.29, 0.717) is 19.0 Å². The summed E-state index contributed by atoms with van der Waals surface area (Å²) in [6, 6.07) is 8.07. The third-order valence-corrected chi connectivity index (χ3v) is 5.21. The van der Waals surface area contributed by atoms with E-state index in [9.17, 15) is 4.79 Å². The van der Waals surface area contributed by atoms with E-state index in [2.05, 4.69) is 6.07 Å². The summed E-state index contributed by atoms with van der Waals surface area (Å²) in [7, 11) is 0. The number of ether oxygens (including phenoxy) is 2. The van der Waals surface area contributed by atoms with E-state index in [1.54, 1.807) is 0 Å². The van der Waals surface area contributed by atoms with Crippen molar-refractivity contribution >= 4 is 5.78 Å². The molecule has 3 aliphatic rings. The number of benzene rings is 1. The lowest BCUT2D eigenvalue weighted by molar-refractivity contribution is -0.221. The largest absolute Gasteiger partial charge is 0.347 e. The van der Waals surface area contributed by atoms with Crippen LogP contribution in [0.25, 0.3) is 0 Å². The SMILES string of the molecule is O=C1c2ccccc2CC[C@H]2[C@H]1CCCC21OCCO1. The molecular weight excluding hydrogens is 252 g/mol. The second-order valence-corrected chi connectivity index (χ2v) is 6.17. The van der Waals surface area contributed by atoms with E-state index in [-0.39, 0.29) is 11.8 Å². The second kappa shape index (κ2) is 4.68. The minimum absolute atomic E-state index is 0.0745. The zero-order valence-electron chi connectivity index (χ0n) is 11.6. The summed E-state index contributed by atoms with van der Waals surface area (Å²) in [5, 5.41) is 0. The zero-order valence-corrected chi connectivity index (χ0v) is 11.6. The lowest BCUT2D eigenvalue weighted by Gasteiger charge is -2.43. The molecule has 1 spiro atoms. The topological polar surface area (TPSA) is 35.5 Å². The first-order valence-electron chi connectivity index (χ1n) is 7.70. The molecule has 20 heavy (non-hydrogen) atoms. The van der Waals surface area contributed by atoms with Crippen molar-refractivity contribution in [3.05, 3.63) is 35.4 Å². The van der Waals surface area contributed by atoms with Gasteiger partial charge in [0.2, 0.25) is 0 Å². The first-order chi connectivity index (χ1) is 9.80. The normalized spacial score (nSPS) is 31.7. The summed E-state index contributed by atoms with van der Waals surface area (Å²) in [6.07, 6.45) is 4.89. The van der Waals surface area contributed by atoms with Crippen LogP contribution in [0.4, 0.5) is 0 Å². The van der Waals surface area contributed by atoms with Gasteiger partial charge in [-0.3, -0.25) is 4.79 Å². The Bertz CT molecular complexity index is 531. The van der Waals surface area contributed by atoms with Gasteiger partial charge in [-0.25, -0.2) is 0 Å². The number of hydrogen-bond acceptors (Lipinski definition) is 3. The van der Waals surface area contributed by atoms with Gasteiger partial charge >= 0.3 is 0 Å². The van der Waals surface area contributed by atoms with Gasteiger partial charge in [0.25, 0.3) is 0 Å². The number of carbonyl (C=O) groups excluding carboxylic acids is 1.